The Morgan fingerprint density at radius 1 is 1.35 bits per heavy atom. The third kappa shape index (κ3) is 2.55. The van der Waals surface area contributed by atoms with Crippen LogP contribution < -0.4 is 10.5 Å². The smallest absolute Gasteiger partial charge is 0.307 e. The minimum atomic E-state index is -0.819. The number of pyridine rings is 2. The number of nitrogens with two attached hydrogens (primary N) is 1. The van der Waals surface area contributed by atoms with E-state index in [1.807, 2.05) is 0 Å². The number of nitrogens with zero attached hydrogens (tertiary/aromatic N) is 3. The van der Waals surface area contributed by atoms with Crippen molar-refractivity contribution in [3.8, 4) is 11.6 Å². The number of carbonyl (C=O) groups excluding carboxylic acids is 1. The van der Waals surface area contributed by atoms with Crippen LogP contribution >= 0.6 is 0 Å². The van der Waals surface area contributed by atoms with Gasteiger partial charge in [0.1, 0.15) is 17.3 Å². The van der Waals surface area contributed by atoms with Crippen LogP contribution in [0.3, 0.4) is 0 Å². The largest absolute Gasteiger partial charge is 0.495 e. The van der Waals surface area contributed by atoms with Crippen molar-refractivity contribution in [3.63, 3.8) is 0 Å². The summed E-state index contributed by atoms with van der Waals surface area (Å²) in [5.74, 6) is -0.922. The number of carboxylic acid groups (broad SMARTS) is 1. The molecule has 0 bridgehead atoms. The second-order valence-corrected chi connectivity index (χ2v) is 6.22. The molecule has 26 heavy (non-hydrogen) atoms. The van der Waals surface area contributed by atoms with Gasteiger partial charge in [-0.05, 0) is 24.6 Å². The Morgan fingerprint density at radius 2 is 2.15 bits per heavy atom. The van der Waals surface area contributed by atoms with Crippen molar-refractivity contribution in [3.05, 3.63) is 47.9 Å². The number of hydrogen-bond acceptors (Lipinski definition) is 5. The summed E-state index contributed by atoms with van der Waals surface area (Å²) in [7, 11) is 1.53. The molecule has 3 aromatic rings. The van der Waals surface area contributed by atoms with Gasteiger partial charge in [-0.2, -0.15) is 0 Å². The molecule has 1 amide bonds. The molecule has 4 rings (SSSR count). The second kappa shape index (κ2) is 5.83. The highest BCUT2D eigenvalue weighted by Crippen LogP contribution is 2.46. The molecule has 132 valence electrons. The lowest BCUT2D eigenvalue weighted by Crippen LogP contribution is -2.16. The molecule has 2 atom stereocenters. The van der Waals surface area contributed by atoms with Crippen LogP contribution in [-0.4, -0.2) is 38.6 Å². The van der Waals surface area contributed by atoms with Crippen molar-refractivity contribution in [1.29, 1.82) is 0 Å². The molecule has 1 saturated carbocycles. The Morgan fingerprint density at radius 3 is 2.81 bits per heavy atom. The van der Waals surface area contributed by atoms with Crippen LogP contribution in [0.4, 0.5) is 0 Å². The molecule has 1 aliphatic carbocycles. The summed E-state index contributed by atoms with van der Waals surface area (Å²) < 4.78 is 6.84. The maximum Gasteiger partial charge on any atom is 0.307 e. The van der Waals surface area contributed by atoms with Crippen LogP contribution in [0.5, 0.6) is 5.75 Å². The standard InChI is InChI=1S/C18H16N4O4/c1-26-9-5-14-13(20-8-9)7-15(17(19)23)22(14)16-4-2-3-12(21-16)10-6-11(10)18(24)25/h2-5,7-8,10-11H,6H2,1H3,(H2,19,23)(H,24,25). The zero-order chi connectivity index (χ0) is 18.4. The number of carboxylic acids is 1. The fourth-order valence-corrected chi connectivity index (χ4v) is 3.16. The van der Waals surface area contributed by atoms with Crippen LogP contribution in [-0.2, 0) is 4.79 Å². The van der Waals surface area contributed by atoms with Crippen molar-refractivity contribution < 1.29 is 19.4 Å². The van der Waals surface area contributed by atoms with E-state index in [2.05, 4.69) is 9.97 Å². The van der Waals surface area contributed by atoms with E-state index in [0.29, 0.717) is 34.7 Å². The van der Waals surface area contributed by atoms with Gasteiger partial charge in [-0.25, -0.2) is 4.98 Å². The van der Waals surface area contributed by atoms with E-state index < -0.39 is 17.8 Å². The normalized spacial score (nSPS) is 18.7. The van der Waals surface area contributed by atoms with Crippen molar-refractivity contribution in [1.82, 2.24) is 14.5 Å². The highest BCUT2D eigenvalue weighted by molar-refractivity contribution is 5.98. The van der Waals surface area contributed by atoms with E-state index in [1.54, 1.807) is 41.1 Å². The van der Waals surface area contributed by atoms with E-state index in [0.717, 1.165) is 0 Å². The maximum atomic E-state index is 11.9. The number of hydrogen-bond donors (Lipinski definition) is 2. The van der Waals surface area contributed by atoms with Crippen molar-refractivity contribution >= 4 is 22.9 Å². The number of rotatable bonds is 5. The molecule has 8 nitrogen and oxygen atoms in total. The first-order valence-electron chi connectivity index (χ1n) is 8.05. The molecule has 1 aliphatic rings. The summed E-state index contributed by atoms with van der Waals surface area (Å²) in [5.41, 5.74) is 7.68. The molecule has 0 aromatic carbocycles. The van der Waals surface area contributed by atoms with Crippen molar-refractivity contribution in [2.24, 2.45) is 11.7 Å². The molecule has 3 heterocycles. The Kier molecular flexibility index (Phi) is 3.61. The van der Waals surface area contributed by atoms with Crippen LogP contribution in [0.15, 0.2) is 36.5 Å². The second-order valence-electron chi connectivity index (χ2n) is 6.22. The monoisotopic (exact) mass is 352 g/mol. The number of fused-ring (bicyclic) bond motifs is 1. The number of amides is 1. The van der Waals surface area contributed by atoms with Gasteiger partial charge in [0, 0.05) is 17.7 Å². The predicted molar refractivity (Wildman–Crippen MR) is 92.4 cm³/mol. The van der Waals surface area contributed by atoms with Crippen molar-refractivity contribution in [2.75, 3.05) is 7.11 Å². The fourth-order valence-electron chi connectivity index (χ4n) is 3.16. The van der Waals surface area contributed by atoms with Gasteiger partial charge >= 0.3 is 5.97 Å². The van der Waals surface area contributed by atoms with Gasteiger partial charge in [-0.1, -0.05) is 6.07 Å². The molecule has 8 heteroatoms. The average molecular weight is 352 g/mol. The number of primary amides is 1. The fraction of sp³-hybridized carbons (Fsp3) is 0.222. The number of aliphatic carboxylic acids is 1. The van der Waals surface area contributed by atoms with Crippen LogP contribution in [0, 0.1) is 5.92 Å². The SMILES string of the molecule is COc1cnc2cc(C(N)=O)n(-c3cccc(C4CC4C(=O)O)n3)c2c1. The highest BCUT2D eigenvalue weighted by atomic mass is 16.5. The first-order valence-corrected chi connectivity index (χ1v) is 8.05. The topological polar surface area (TPSA) is 120 Å². The first-order chi connectivity index (χ1) is 12.5. The average Bonchev–Trinajstić information content (AvgIpc) is 3.35. The zero-order valence-electron chi connectivity index (χ0n) is 13.9. The predicted octanol–water partition coefficient (Wildman–Crippen LogP) is 1.72. The lowest BCUT2D eigenvalue weighted by atomic mass is 10.2. The molecule has 3 aromatic heterocycles. The molecule has 2 unspecified atom stereocenters. The molecule has 0 aliphatic heterocycles. The van der Waals surface area contributed by atoms with Gasteiger partial charge in [-0.15, -0.1) is 0 Å². The molecule has 0 radical (unpaired) electrons. The molecule has 0 spiro atoms. The highest BCUT2D eigenvalue weighted by Gasteiger charge is 2.45. The first kappa shape index (κ1) is 16.1. The van der Waals surface area contributed by atoms with E-state index in [-0.39, 0.29) is 11.6 Å². The van der Waals surface area contributed by atoms with Gasteiger partial charge in [0.15, 0.2) is 0 Å². The minimum absolute atomic E-state index is 0.112. The number of carbonyl (C=O) groups is 2. The molecular weight excluding hydrogens is 336 g/mol. The summed E-state index contributed by atoms with van der Waals surface area (Å²) >= 11 is 0. The van der Waals surface area contributed by atoms with Gasteiger partial charge < -0.3 is 15.6 Å². The summed E-state index contributed by atoms with van der Waals surface area (Å²) in [6.07, 6.45) is 2.12. The summed E-state index contributed by atoms with van der Waals surface area (Å²) in [6, 6.07) is 8.68. The molecule has 1 fully saturated rings. The van der Waals surface area contributed by atoms with Crippen LogP contribution in [0.2, 0.25) is 0 Å². The Bertz CT molecular complexity index is 1040. The molecule has 3 N–H and O–H groups in total. The summed E-state index contributed by atoms with van der Waals surface area (Å²) in [6.45, 7) is 0. The Hall–Kier alpha value is -3.42. The third-order valence-corrected chi connectivity index (χ3v) is 4.59. The number of methoxy groups -OCH3 is 1. The summed E-state index contributed by atoms with van der Waals surface area (Å²) in [5, 5.41) is 9.14. The van der Waals surface area contributed by atoms with E-state index >= 15 is 0 Å². The van der Waals surface area contributed by atoms with E-state index in [1.165, 1.54) is 7.11 Å². The summed E-state index contributed by atoms with van der Waals surface area (Å²) in [4.78, 5) is 31.9. The van der Waals surface area contributed by atoms with Crippen molar-refractivity contribution in [2.45, 2.75) is 12.3 Å². The van der Waals surface area contributed by atoms with Gasteiger partial charge in [0.25, 0.3) is 5.91 Å². The number of ether oxygens (including phenoxy) is 1. The lowest BCUT2D eigenvalue weighted by Gasteiger charge is -2.10. The quantitative estimate of drug-likeness (QED) is 0.721. The van der Waals surface area contributed by atoms with Crippen LogP contribution in [0.1, 0.15) is 28.5 Å². The Balaban J connectivity index is 1.87. The zero-order valence-corrected chi connectivity index (χ0v) is 13.9. The third-order valence-electron chi connectivity index (χ3n) is 4.59. The number of aromatic nitrogens is 3. The molecule has 0 saturated heterocycles. The Labute approximate surface area is 148 Å². The van der Waals surface area contributed by atoms with Gasteiger partial charge in [0.2, 0.25) is 0 Å². The lowest BCUT2D eigenvalue weighted by molar-refractivity contribution is -0.138. The van der Waals surface area contributed by atoms with E-state index in [9.17, 15) is 9.59 Å². The minimum Gasteiger partial charge on any atom is -0.495 e. The van der Waals surface area contributed by atoms with Gasteiger partial charge in [0.05, 0.1) is 30.3 Å². The van der Waals surface area contributed by atoms with Gasteiger partial charge in [-0.3, -0.25) is 19.1 Å². The molecular formula is C18H16N4O4. The van der Waals surface area contributed by atoms with E-state index in [4.69, 9.17) is 15.6 Å². The maximum absolute atomic E-state index is 11.9. The van der Waals surface area contributed by atoms with Crippen LogP contribution in [0.25, 0.3) is 16.9 Å².